The highest BCUT2D eigenvalue weighted by atomic mass is 16.4. The van der Waals surface area contributed by atoms with Gasteiger partial charge >= 0.3 is 6.09 Å². The van der Waals surface area contributed by atoms with Crippen LogP contribution in [0.3, 0.4) is 0 Å². The molecular formula is C8H15NO2. The molecule has 0 atom stereocenters. The summed E-state index contributed by atoms with van der Waals surface area (Å²) in [6.07, 6.45) is 3.45. The summed E-state index contributed by atoms with van der Waals surface area (Å²) in [5.41, 5.74) is 0. The minimum atomic E-state index is -0.885. The largest absolute Gasteiger partial charge is 0.465 e. The lowest BCUT2D eigenvalue weighted by Crippen LogP contribution is -2.36. The van der Waals surface area contributed by atoms with Crippen molar-refractivity contribution in [3.63, 3.8) is 0 Å². The topological polar surface area (TPSA) is 49.3 Å². The van der Waals surface area contributed by atoms with Crippen LogP contribution in [0.4, 0.5) is 4.79 Å². The van der Waals surface area contributed by atoms with E-state index < -0.39 is 6.09 Å². The van der Waals surface area contributed by atoms with Crippen molar-refractivity contribution in [2.45, 2.75) is 38.6 Å². The zero-order valence-corrected chi connectivity index (χ0v) is 6.84. The second kappa shape index (κ2) is 3.60. The average molecular weight is 157 g/mol. The highest BCUT2D eigenvalue weighted by Crippen LogP contribution is 2.23. The Balaban J connectivity index is 2.22. The molecule has 2 N–H and O–H groups in total. The van der Waals surface area contributed by atoms with Crippen molar-refractivity contribution >= 4 is 6.09 Å². The zero-order valence-electron chi connectivity index (χ0n) is 6.84. The molecule has 0 aromatic rings. The molecule has 1 rings (SSSR count). The average Bonchev–Trinajstić information content (AvgIpc) is 1.93. The van der Waals surface area contributed by atoms with Crippen molar-refractivity contribution in [3.05, 3.63) is 0 Å². The van der Waals surface area contributed by atoms with Crippen molar-refractivity contribution < 1.29 is 9.90 Å². The highest BCUT2D eigenvalue weighted by Gasteiger charge is 2.18. The first-order valence-corrected chi connectivity index (χ1v) is 4.18. The monoisotopic (exact) mass is 157 g/mol. The van der Waals surface area contributed by atoms with Crippen LogP contribution in [-0.2, 0) is 0 Å². The fourth-order valence-electron chi connectivity index (χ4n) is 1.58. The standard InChI is InChI=1S/C8H15NO2/c1-6-2-4-7(5-3-6)9-8(10)11/h6-7,9H,2-5H2,1H3,(H,10,11). The van der Waals surface area contributed by atoms with Crippen LogP contribution in [0.15, 0.2) is 0 Å². The predicted molar refractivity (Wildman–Crippen MR) is 42.6 cm³/mol. The smallest absolute Gasteiger partial charge is 0.404 e. The molecule has 64 valence electrons. The van der Waals surface area contributed by atoms with E-state index in [9.17, 15) is 4.79 Å². The number of rotatable bonds is 1. The van der Waals surface area contributed by atoms with E-state index >= 15 is 0 Å². The number of hydrogen-bond donors (Lipinski definition) is 2. The highest BCUT2D eigenvalue weighted by molar-refractivity contribution is 5.64. The van der Waals surface area contributed by atoms with Crippen LogP contribution in [0, 0.1) is 5.92 Å². The predicted octanol–water partition coefficient (Wildman–Crippen LogP) is 1.83. The summed E-state index contributed by atoms with van der Waals surface area (Å²) in [6, 6.07) is 0.212. The van der Waals surface area contributed by atoms with Crippen molar-refractivity contribution in [1.29, 1.82) is 0 Å². The van der Waals surface area contributed by atoms with Crippen LogP contribution in [0.25, 0.3) is 0 Å². The van der Waals surface area contributed by atoms with Crippen molar-refractivity contribution in [2.24, 2.45) is 5.92 Å². The fraction of sp³-hybridized carbons (Fsp3) is 0.875. The summed E-state index contributed by atoms with van der Waals surface area (Å²) in [4.78, 5) is 10.2. The second-order valence-electron chi connectivity index (χ2n) is 3.41. The van der Waals surface area contributed by atoms with Gasteiger partial charge in [-0.15, -0.1) is 0 Å². The maximum atomic E-state index is 10.2. The van der Waals surface area contributed by atoms with E-state index in [4.69, 9.17) is 5.11 Å². The molecule has 1 fully saturated rings. The lowest BCUT2D eigenvalue weighted by Gasteiger charge is -2.25. The maximum Gasteiger partial charge on any atom is 0.404 e. The molecule has 0 aromatic carbocycles. The summed E-state index contributed by atoms with van der Waals surface area (Å²) >= 11 is 0. The van der Waals surface area contributed by atoms with Gasteiger partial charge in [-0.3, -0.25) is 0 Å². The Bertz CT molecular complexity index is 139. The molecule has 1 saturated carbocycles. The number of carbonyl (C=O) groups is 1. The van der Waals surface area contributed by atoms with Gasteiger partial charge in [0.05, 0.1) is 0 Å². The van der Waals surface area contributed by atoms with Crippen LogP contribution in [0.1, 0.15) is 32.6 Å². The number of hydrogen-bond acceptors (Lipinski definition) is 1. The van der Waals surface area contributed by atoms with Gasteiger partial charge in [0.25, 0.3) is 0 Å². The molecule has 1 aliphatic carbocycles. The van der Waals surface area contributed by atoms with Gasteiger partial charge in [0.1, 0.15) is 0 Å². The van der Waals surface area contributed by atoms with Gasteiger partial charge in [0.2, 0.25) is 0 Å². The molecule has 0 aliphatic heterocycles. The molecule has 0 spiro atoms. The van der Waals surface area contributed by atoms with E-state index in [2.05, 4.69) is 12.2 Å². The van der Waals surface area contributed by atoms with Crippen molar-refractivity contribution in [3.8, 4) is 0 Å². The van der Waals surface area contributed by atoms with Gasteiger partial charge in [0.15, 0.2) is 0 Å². The summed E-state index contributed by atoms with van der Waals surface area (Å²) < 4.78 is 0. The molecule has 1 aliphatic rings. The minimum absolute atomic E-state index is 0.212. The van der Waals surface area contributed by atoms with Crippen LogP contribution in [0.2, 0.25) is 0 Å². The third kappa shape index (κ3) is 2.78. The Morgan fingerprint density at radius 1 is 1.36 bits per heavy atom. The SMILES string of the molecule is CC1CCC(NC(=O)O)CC1. The van der Waals surface area contributed by atoms with Gasteiger partial charge < -0.3 is 10.4 Å². The summed E-state index contributed by atoms with van der Waals surface area (Å²) in [6.45, 7) is 2.22. The van der Waals surface area contributed by atoms with Crippen LogP contribution >= 0.6 is 0 Å². The van der Waals surface area contributed by atoms with E-state index in [0.717, 1.165) is 31.6 Å². The molecule has 0 radical (unpaired) electrons. The molecule has 0 aromatic heterocycles. The molecule has 0 bridgehead atoms. The third-order valence-corrected chi connectivity index (χ3v) is 2.34. The Labute approximate surface area is 66.8 Å². The Hall–Kier alpha value is -0.730. The van der Waals surface area contributed by atoms with E-state index in [-0.39, 0.29) is 6.04 Å². The summed E-state index contributed by atoms with van der Waals surface area (Å²) in [7, 11) is 0. The second-order valence-corrected chi connectivity index (χ2v) is 3.41. The fourth-order valence-corrected chi connectivity index (χ4v) is 1.58. The number of nitrogens with one attached hydrogen (secondary N) is 1. The first-order chi connectivity index (χ1) is 5.18. The van der Waals surface area contributed by atoms with Gasteiger partial charge in [-0.25, -0.2) is 4.79 Å². The number of amides is 1. The van der Waals surface area contributed by atoms with Gasteiger partial charge in [-0.2, -0.15) is 0 Å². The maximum absolute atomic E-state index is 10.2. The van der Waals surface area contributed by atoms with Crippen molar-refractivity contribution in [1.82, 2.24) is 5.32 Å². The molecule has 11 heavy (non-hydrogen) atoms. The number of carboxylic acid groups (broad SMARTS) is 1. The molecule has 0 heterocycles. The summed E-state index contributed by atoms with van der Waals surface area (Å²) in [5, 5.41) is 10.9. The lowest BCUT2D eigenvalue weighted by atomic mass is 9.87. The van der Waals surface area contributed by atoms with E-state index in [0.29, 0.717) is 0 Å². The van der Waals surface area contributed by atoms with Crippen molar-refractivity contribution in [2.75, 3.05) is 0 Å². The lowest BCUT2D eigenvalue weighted by molar-refractivity contribution is 0.183. The van der Waals surface area contributed by atoms with Gasteiger partial charge in [-0.1, -0.05) is 6.92 Å². The molecule has 3 heteroatoms. The first-order valence-electron chi connectivity index (χ1n) is 4.18. The quantitative estimate of drug-likeness (QED) is 0.610. The van der Waals surface area contributed by atoms with Crippen LogP contribution in [-0.4, -0.2) is 17.2 Å². The van der Waals surface area contributed by atoms with Crippen LogP contribution in [0.5, 0.6) is 0 Å². The van der Waals surface area contributed by atoms with Gasteiger partial charge in [-0.05, 0) is 31.6 Å². The van der Waals surface area contributed by atoms with Crippen LogP contribution < -0.4 is 5.32 Å². The summed E-state index contributed by atoms with van der Waals surface area (Å²) in [5.74, 6) is 0.779. The molecule has 0 unspecified atom stereocenters. The van der Waals surface area contributed by atoms with Gasteiger partial charge in [0, 0.05) is 6.04 Å². The van der Waals surface area contributed by atoms with E-state index in [1.165, 1.54) is 0 Å². The first kappa shape index (κ1) is 8.37. The van der Waals surface area contributed by atoms with E-state index in [1.54, 1.807) is 0 Å². The third-order valence-electron chi connectivity index (χ3n) is 2.34. The Morgan fingerprint density at radius 2 is 1.91 bits per heavy atom. The normalized spacial score (nSPS) is 31.4. The zero-order chi connectivity index (χ0) is 8.27. The minimum Gasteiger partial charge on any atom is -0.465 e. The Morgan fingerprint density at radius 3 is 2.36 bits per heavy atom. The molecule has 0 saturated heterocycles. The van der Waals surface area contributed by atoms with E-state index in [1.807, 2.05) is 0 Å². The Kier molecular flexibility index (Phi) is 2.74. The molecular weight excluding hydrogens is 142 g/mol. The molecule has 1 amide bonds. The molecule has 3 nitrogen and oxygen atoms in total.